The number of aldehydes is 1. The fourth-order valence-electron chi connectivity index (χ4n) is 8.38. The molecule has 3 aromatic heterocycles. The van der Waals surface area contributed by atoms with E-state index in [0.717, 1.165) is 78.3 Å². The third kappa shape index (κ3) is 12.5. The van der Waals surface area contributed by atoms with E-state index in [2.05, 4.69) is 48.8 Å². The quantitative estimate of drug-likeness (QED) is 0.0431. The Morgan fingerprint density at radius 3 is 2.03 bits per heavy atom. The Morgan fingerprint density at radius 2 is 1.39 bits per heavy atom. The van der Waals surface area contributed by atoms with Crippen LogP contribution in [0.2, 0.25) is 0 Å². The summed E-state index contributed by atoms with van der Waals surface area (Å²) in [4.78, 5) is 45.3. The zero-order valence-corrected chi connectivity index (χ0v) is 39.4. The number of nitrogens with one attached hydrogen (secondary N) is 3. The van der Waals surface area contributed by atoms with Crippen LogP contribution in [0.25, 0.3) is 22.3 Å². The first kappa shape index (κ1) is 48.9. The van der Waals surface area contributed by atoms with Gasteiger partial charge in [-0.05, 0) is 118 Å². The number of likely N-dealkylation sites (tertiary alicyclic amines) is 2. The summed E-state index contributed by atoms with van der Waals surface area (Å²) in [5.74, 6) is 4.19. The Labute approximate surface area is 403 Å². The van der Waals surface area contributed by atoms with Crippen molar-refractivity contribution < 1.29 is 19.1 Å². The molecule has 9 rings (SSSR count). The molecule has 2 aliphatic heterocycles. The van der Waals surface area contributed by atoms with Gasteiger partial charge in [0.2, 0.25) is 5.91 Å². The highest BCUT2D eigenvalue weighted by Gasteiger charge is 2.28. The average molecular weight is 929 g/mol. The molecule has 69 heavy (non-hydrogen) atoms. The Morgan fingerprint density at radius 1 is 0.797 bits per heavy atom. The van der Waals surface area contributed by atoms with Crippen LogP contribution < -0.4 is 25.8 Å². The molecular weight excluding hydrogens is 869 g/mol. The second kappa shape index (κ2) is 24.2. The Kier molecular flexibility index (Phi) is 17.1. The summed E-state index contributed by atoms with van der Waals surface area (Å²) in [7, 11) is 2.14. The van der Waals surface area contributed by atoms with Gasteiger partial charge in [0.15, 0.2) is 5.65 Å². The first-order valence-corrected chi connectivity index (χ1v) is 23.4. The minimum atomic E-state index is -0.101. The molecule has 2 unspecified atom stereocenters. The number of nitrogen functional groups attached to an aromatic ring is 1. The van der Waals surface area contributed by atoms with Gasteiger partial charge in [0.1, 0.15) is 65.1 Å². The highest BCUT2D eigenvalue weighted by atomic mass is 16.5. The van der Waals surface area contributed by atoms with E-state index in [9.17, 15) is 4.79 Å². The molecule has 2 saturated heterocycles. The number of nitrogens with zero attached hydrogens (tertiary/aromatic N) is 8. The molecule has 0 radical (unpaired) electrons. The van der Waals surface area contributed by atoms with Crippen LogP contribution in [0.15, 0.2) is 135 Å². The first-order chi connectivity index (χ1) is 33.8. The predicted octanol–water partition coefficient (Wildman–Crippen LogP) is 9.44. The van der Waals surface area contributed by atoms with Gasteiger partial charge in [0, 0.05) is 49.8 Å². The fraction of sp³-hybridized carbons (Fsp3) is 0.283. The predicted molar refractivity (Wildman–Crippen MR) is 272 cm³/mol. The molecule has 0 spiro atoms. The van der Waals surface area contributed by atoms with Crippen LogP contribution in [-0.4, -0.2) is 103 Å². The highest BCUT2D eigenvalue weighted by Crippen LogP contribution is 2.36. The minimum Gasteiger partial charge on any atom is -0.457 e. The van der Waals surface area contributed by atoms with Gasteiger partial charge in [-0.25, -0.2) is 24.6 Å². The van der Waals surface area contributed by atoms with Gasteiger partial charge in [-0.1, -0.05) is 56.8 Å². The molecule has 0 bridgehead atoms. The van der Waals surface area contributed by atoms with E-state index >= 15 is 0 Å². The van der Waals surface area contributed by atoms with Gasteiger partial charge >= 0.3 is 0 Å². The summed E-state index contributed by atoms with van der Waals surface area (Å²) in [6, 6.07) is 34.5. The number of piperidine rings is 2. The summed E-state index contributed by atoms with van der Waals surface area (Å²) in [5, 5.41) is 22.1. The lowest BCUT2D eigenvalue weighted by Crippen LogP contribution is -2.45. The standard InChI is InChI=1S/C48H50N12O3.C3H4O.C2H6/c1-58-26-9-11-35(29-58)60-48-42(44(57-60)33-18-22-39(23-19-33)63-37-14-6-3-7-15-37)46(53-31-55-48)51-25-24-40(61)59-27-8-10-34(28-59)56-47-41(45(50)52-30-54-47)43(49)32-16-20-38(21-17-32)62-36-12-4-2-5-13-36;1-2-3-4;1-2/h2-7,12-23,30-31,34-35,49H,8-11,24-29H2,1H3,(H,51,53,55)(H3,50,52,54,56);2-3H,1H2;1-2H3. The SMILES string of the molecule is C=CC=O.CC.CN1CCCC(n2nc(-c3ccc(Oc4ccccc4)cc3)c3c(NCCC(=O)N4CCCC(Nc5ncnc(N)c5C(=N)c5ccc(Oc6ccccc6)cc5)C4)ncnc32)C1. The number of para-hydroxylation sites is 2. The molecule has 2 aliphatic rings. The van der Waals surface area contributed by atoms with Gasteiger partial charge in [-0.2, -0.15) is 5.10 Å². The largest absolute Gasteiger partial charge is 0.457 e. The number of aromatic nitrogens is 6. The lowest BCUT2D eigenvalue weighted by molar-refractivity contribution is -0.132. The third-order valence-electron chi connectivity index (χ3n) is 11.6. The zero-order valence-electron chi connectivity index (χ0n) is 39.4. The Bertz CT molecular complexity index is 2780. The molecule has 16 nitrogen and oxygen atoms in total. The van der Waals surface area contributed by atoms with Crippen molar-refractivity contribution >= 4 is 46.4 Å². The first-order valence-electron chi connectivity index (χ1n) is 23.4. The summed E-state index contributed by atoms with van der Waals surface area (Å²) >= 11 is 0. The maximum Gasteiger partial charge on any atom is 0.224 e. The van der Waals surface area contributed by atoms with Gasteiger partial charge in [0.25, 0.3) is 0 Å². The molecule has 1 amide bonds. The number of nitrogens with two attached hydrogens (primary N) is 1. The molecule has 356 valence electrons. The molecule has 5 heterocycles. The van der Waals surface area contributed by atoms with Gasteiger partial charge in [-0.3, -0.25) is 15.0 Å². The van der Waals surface area contributed by atoms with Gasteiger partial charge in [-0.15, -0.1) is 0 Å². The van der Waals surface area contributed by atoms with E-state index in [0.29, 0.717) is 54.4 Å². The lowest BCUT2D eigenvalue weighted by Gasteiger charge is -2.34. The Balaban J connectivity index is 0.00000112. The number of carbonyl (C=O) groups is 2. The molecule has 2 fully saturated rings. The van der Waals surface area contributed by atoms with Crippen LogP contribution in [0.5, 0.6) is 23.0 Å². The number of benzene rings is 4. The van der Waals surface area contributed by atoms with Crippen molar-refractivity contribution in [2.45, 2.75) is 58.0 Å². The van der Waals surface area contributed by atoms with Gasteiger partial charge < -0.3 is 35.6 Å². The van der Waals surface area contributed by atoms with Crippen LogP contribution in [0, 0.1) is 5.41 Å². The van der Waals surface area contributed by atoms with Crippen molar-refractivity contribution in [3.8, 4) is 34.3 Å². The van der Waals surface area contributed by atoms with E-state index in [1.165, 1.54) is 12.4 Å². The van der Waals surface area contributed by atoms with Crippen molar-refractivity contribution in [3.63, 3.8) is 0 Å². The summed E-state index contributed by atoms with van der Waals surface area (Å²) < 4.78 is 14.1. The number of hydrogen-bond acceptors (Lipinski definition) is 14. The van der Waals surface area contributed by atoms with Crippen LogP contribution in [-0.2, 0) is 9.59 Å². The fourth-order valence-corrected chi connectivity index (χ4v) is 8.38. The van der Waals surface area contributed by atoms with E-state index in [-0.39, 0.29) is 35.9 Å². The molecule has 4 aromatic carbocycles. The zero-order chi connectivity index (χ0) is 48.5. The summed E-state index contributed by atoms with van der Waals surface area (Å²) in [6.45, 7) is 10.5. The van der Waals surface area contributed by atoms with Gasteiger partial charge in [0.05, 0.1) is 22.7 Å². The van der Waals surface area contributed by atoms with Crippen molar-refractivity contribution in [2.75, 3.05) is 56.1 Å². The Hall–Kier alpha value is -7.98. The number of hydrogen-bond donors (Lipinski definition) is 4. The van der Waals surface area contributed by atoms with Crippen LogP contribution >= 0.6 is 0 Å². The number of likely N-dealkylation sites (N-methyl/N-ethyl adjacent to an activating group) is 1. The van der Waals surface area contributed by atoms with E-state index in [4.69, 9.17) is 35.5 Å². The minimum absolute atomic E-state index is 0.0300. The molecule has 2 atom stereocenters. The third-order valence-corrected chi connectivity index (χ3v) is 11.6. The number of carbonyl (C=O) groups excluding carboxylic acids is 2. The van der Waals surface area contributed by atoms with Crippen LogP contribution in [0.4, 0.5) is 17.5 Å². The van der Waals surface area contributed by atoms with Crippen LogP contribution in [0.1, 0.15) is 63.1 Å². The molecular formula is C53H60N12O4. The lowest BCUT2D eigenvalue weighted by atomic mass is 10.0. The number of rotatable bonds is 15. The average Bonchev–Trinajstić information content (AvgIpc) is 3.79. The second-order valence-corrected chi connectivity index (χ2v) is 16.4. The molecule has 0 saturated carbocycles. The van der Waals surface area contributed by atoms with E-state index < -0.39 is 0 Å². The monoisotopic (exact) mass is 928 g/mol. The topological polar surface area (TPSA) is 202 Å². The van der Waals surface area contributed by atoms with E-state index in [1.807, 2.05) is 128 Å². The molecule has 5 N–H and O–H groups in total. The second-order valence-electron chi connectivity index (χ2n) is 16.4. The maximum atomic E-state index is 13.8. The normalized spacial score (nSPS) is 15.6. The molecule has 7 aromatic rings. The number of anilines is 3. The number of amides is 1. The van der Waals surface area contributed by atoms with E-state index in [1.54, 1.807) is 6.33 Å². The smallest absolute Gasteiger partial charge is 0.224 e. The van der Waals surface area contributed by atoms with Crippen molar-refractivity contribution in [3.05, 3.63) is 146 Å². The number of ether oxygens (including phenoxy) is 2. The van der Waals surface area contributed by atoms with Crippen molar-refractivity contribution in [2.24, 2.45) is 0 Å². The van der Waals surface area contributed by atoms with Crippen LogP contribution in [0.3, 0.4) is 0 Å². The maximum absolute atomic E-state index is 13.8. The van der Waals surface area contributed by atoms with Crippen molar-refractivity contribution in [1.82, 2.24) is 39.5 Å². The molecule has 0 aliphatic carbocycles. The summed E-state index contributed by atoms with van der Waals surface area (Å²) in [5.41, 5.74) is 10.1. The highest BCUT2D eigenvalue weighted by molar-refractivity contribution is 6.16. The molecule has 16 heteroatoms. The summed E-state index contributed by atoms with van der Waals surface area (Å²) in [6.07, 6.45) is 8.78. The number of allylic oxidation sites excluding steroid dienone is 1. The van der Waals surface area contributed by atoms with Crippen molar-refractivity contribution in [1.29, 1.82) is 5.41 Å². The number of fused-ring (bicyclic) bond motifs is 1.